The van der Waals surface area contributed by atoms with Crippen molar-refractivity contribution in [3.05, 3.63) is 151 Å². The fourth-order valence-electron chi connectivity index (χ4n) is 16.0. The van der Waals surface area contributed by atoms with Crippen LogP contribution in [0.15, 0.2) is 201 Å². The summed E-state index contributed by atoms with van der Waals surface area (Å²) in [5, 5.41) is 72.7. The molecular formula is C88H117ClN47O+. The average Bonchev–Trinajstić information content (AvgIpc) is 1.65. The summed E-state index contributed by atoms with van der Waals surface area (Å²) >= 11 is 0. The summed E-state index contributed by atoms with van der Waals surface area (Å²) in [6.45, 7) is 8.52. The first-order valence-corrected chi connectivity index (χ1v) is 43.9. The molecule has 16 N–H and O–H groups in total. The Hall–Kier alpha value is -16.0. The van der Waals surface area contributed by atoms with Crippen molar-refractivity contribution in [2.24, 2.45) is 78.6 Å². The lowest BCUT2D eigenvalue weighted by atomic mass is 10.1. The number of amidine groups is 10. The zero-order valence-corrected chi connectivity index (χ0v) is 80.6. The second kappa shape index (κ2) is 40.1. The van der Waals surface area contributed by atoms with Gasteiger partial charge in [-0.05, 0) is 80.0 Å². The molecule has 0 aliphatic carbocycles. The molecule has 49 heteroatoms. The number of aliphatic imine (C=N–C) groups is 10. The maximum absolute atomic E-state index is 9.78. The largest absolute Gasteiger partial charge is 1.00 e. The molecule has 9 aliphatic rings. The molecule has 4 fully saturated rings. The van der Waals surface area contributed by atoms with Crippen molar-refractivity contribution < 1.29 is 26.5 Å². The van der Waals surface area contributed by atoms with Gasteiger partial charge in [-0.2, -0.15) is 48.1 Å². The normalized spacial score (nSPS) is 19.9. The number of hydrogen-bond donors (Lipinski definition) is 11. The number of aliphatic hydroxyl groups excluding tert-OH is 1. The van der Waals surface area contributed by atoms with E-state index in [4.69, 9.17) is 55.7 Å². The van der Waals surface area contributed by atoms with Crippen molar-refractivity contribution in [2.75, 3.05) is 210 Å². The maximum atomic E-state index is 9.78. The Bertz CT molecular complexity index is 6890. The average molecular weight is 1880 g/mol. The molecule has 19 rings (SSSR count). The van der Waals surface area contributed by atoms with Crippen LogP contribution >= 0.6 is 0 Å². The van der Waals surface area contributed by atoms with E-state index in [2.05, 4.69) is 150 Å². The highest BCUT2D eigenvalue weighted by Crippen LogP contribution is 2.32. The predicted molar refractivity (Wildman–Crippen MR) is 537 cm³/mol. The van der Waals surface area contributed by atoms with Gasteiger partial charge < -0.3 is 104 Å². The standard InChI is InChI=1S/C20H29N10.C19H27N10.C17H21N9O.C17H21N9.C15H19N9.ClH/c1-27(2)17-6-8-23-20-16(11-24-29(17)20)25-18-14(21)10-15(22)19(26-18)28-9-7-13(12-28)30(3,4)5;1-26(2)16-5-6-22-19-15(12-23-28(16)19)24-17-13(20)11-14(21)18(25-17)27-7-9-29(3,4)10-8-27;1-24(2)14-3-5-20-17-13(8-21-26(14)17)22-15-11(18)7-12(19)16(23-15)25-6-4-10(27)9-25;1-24(2)14-5-6-20-17-13(10-21-26(14)17)22-15-11(18)9-12(19)16(23-15)25-7-3-4-8-25;1-22(2)12-5-6-18-15-11(8-19-24(12)15)20-13-9(16)7-10(17)14(21-13)23(3)4;/h6,8,10-11,13,21H,7,9,12,22H2,1-5H3;5-6,11-12,20H,7-10,21H2,1-4H3;3,5,7-8,10,18,27H,4,6,9,19H2,1-2H3;5-6,9-10,18H,3-4,7-8,19H2,1-2H3;5-8,16H,17H2,1-4H3;1H/q2*+1;;;;/p-1. The highest BCUT2D eigenvalue weighted by Gasteiger charge is 2.37. The number of rotatable bonds is 11. The fourth-order valence-corrected chi connectivity index (χ4v) is 16.0. The number of likely N-dealkylation sites (tertiary alicyclic amines) is 3. The molecule has 0 aromatic carbocycles. The van der Waals surface area contributed by atoms with Gasteiger partial charge in [-0.1, -0.05) is 0 Å². The quantitative estimate of drug-likeness (QED) is 0.0781. The number of aliphatic hydroxyl groups is 1. The predicted octanol–water partition coefficient (Wildman–Crippen LogP) is 0.399. The van der Waals surface area contributed by atoms with Crippen LogP contribution in [-0.4, -0.2) is 396 Å². The SMILES string of the molecule is CN(C)C1=NC(=Nc2cnn3c(N(C)C)ccnc23)C(=N)C=C1N.CN(C)c1ccnc2c(N=C3N=C(N4CCC(O)C4)C(N)=CC3=N)cnn12.CN(C)c1ccnc2c(N=C3N=C(N4CCC([N+](C)(C)C)C4)C(N)=CC3=N)cnn12.CN(C)c1ccnc2c(N=C3N=C(N4CCCC4)C(N)=CC3=N)cnn12.CN(C)c1ccnc2c(N=C3N=C(N4CC[N+](C)(C)CC4)C(N)=CC3=N)cnn12.[Cl-]. The summed E-state index contributed by atoms with van der Waals surface area (Å²) in [7, 11) is 34.1. The van der Waals surface area contributed by atoms with Crippen molar-refractivity contribution in [1.82, 2.24) is 97.5 Å². The third-order valence-corrected chi connectivity index (χ3v) is 23.4. The van der Waals surface area contributed by atoms with Gasteiger partial charge in [0.2, 0.25) is 0 Å². The van der Waals surface area contributed by atoms with Gasteiger partial charge in [0.05, 0.1) is 134 Å². The number of hydrogen-bond acceptors (Lipinski definition) is 36. The topological polar surface area (TPSA) is 577 Å². The Balaban J connectivity index is 0.000000137. The molecule has 716 valence electrons. The summed E-state index contributed by atoms with van der Waals surface area (Å²) in [5.74, 6) is 9.11. The van der Waals surface area contributed by atoms with E-state index >= 15 is 0 Å². The van der Waals surface area contributed by atoms with Crippen LogP contribution in [-0.2, 0) is 0 Å². The van der Waals surface area contributed by atoms with Crippen LogP contribution in [0.4, 0.5) is 57.5 Å². The molecule has 0 spiro atoms. The number of aromatic nitrogens is 15. The summed E-state index contributed by atoms with van der Waals surface area (Å²) in [6.07, 6.45) is 28.3. The van der Waals surface area contributed by atoms with Crippen LogP contribution in [0.2, 0.25) is 0 Å². The van der Waals surface area contributed by atoms with Crippen LogP contribution in [0.3, 0.4) is 0 Å². The van der Waals surface area contributed by atoms with E-state index in [1.54, 1.807) is 114 Å². The van der Waals surface area contributed by atoms with E-state index in [0.29, 0.717) is 157 Å². The zero-order chi connectivity index (χ0) is 97.2. The van der Waals surface area contributed by atoms with E-state index in [1.165, 1.54) is 6.08 Å². The van der Waals surface area contributed by atoms with Crippen molar-refractivity contribution in [3.63, 3.8) is 0 Å². The van der Waals surface area contributed by atoms with Gasteiger partial charge in [0.1, 0.15) is 92.1 Å². The van der Waals surface area contributed by atoms with E-state index in [0.717, 1.165) is 110 Å². The molecule has 19 heterocycles. The van der Waals surface area contributed by atoms with Crippen LogP contribution in [0, 0.1) is 27.0 Å². The Labute approximate surface area is 797 Å². The fraction of sp³-hybridized carbons (Fsp3) is 0.375. The van der Waals surface area contributed by atoms with E-state index < -0.39 is 6.10 Å². The van der Waals surface area contributed by atoms with Crippen LogP contribution in [0.25, 0.3) is 28.2 Å². The summed E-state index contributed by atoms with van der Waals surface area (Å²) in [6, 6.07) is 9.89. The second-order valence-corrected chi connectivity index (χ2v) is 36.1. The van der Waals surface area contributed by atoms with Crippen LogP contribution < -0.4 is 65.6 Å². The number of dihydropyridines is 5. The van der Waals surface area contributed by atoms with E-state index in [9.17, 15) is 5.11 Å². The van der Waals surface area contributed by atoms with Gasteiger partial charge in [0.15, 0.2) is 86.6 Å². The number of fused-ring (bicyclic) bond motifs is 5. The number of anilines is 5. The Kier molecular flexibility index (Phi) is 28.4. The summed E-state index contributed by atoms with van der Waals surface area (Å²) < 4.78 is 10.4. The molecule has 0 amide bonds. The van der Waals surface area contributed by atoms with E-state index in [1.807, 2.05) is 144 Å². The van der Waals surface area contributed by atoms with Gasteiger partial charge in [0.25, 0.3) is 0 Å². The lowest BCUT2D eigenvalue weighted by Gasteiger charge is -2.40. The summed E-state index contributed by atoms with van der Waals surface area (Å²) in [4.78, 5) is 87.4. The van der Waals surface area contributed by atoms with Gasteiger partial charge in [-0.25, -0.2) is 74.8 Å². The Morgan fingerprint density at radius 3 is 0.883 bits per heavy atom. The lowest BCUT2D eigenvalue weighted by Crippen LogP contribution is -3.00. The maximum Gasteiger partial charge on any atom is 0.183 e. The Morgan fingerprint density at radius 2 is 0.620 bits per heavy atom. The third-order valence-electron chi connectivity index (χ3n) is 23.4. The molecule has 0 radical (unpaired) electrons. The molecule has 2 atom stereocenters. The number of quaternary nitrogens is 2. The monoisotopic (exact) mass is 1880 g/mol. The molecule has 10 aromatic heterocycles. The summed E-state index contributed by atoms with van der Waals surface area (Å²) in [5.41, 5.74) is 39.5. The van der Waals surface area contributed by atoms with Gasteiger partial charge in [-0.3, -0.25) is 27.0 Å². The number of nitrogens with zero attached hydrogens (tertiary/aromatic N) is 37. The number of nitrogens with two attached hydrogens (primary N) is 5. The molecule has 0 saturated carbocycles. The number of likely N-dealkylation sites (N-methyl/N-ethyl adjacent to an activating group) is 3. The smallest absolute Gasteiger partial charge is 0.183 e. The number of piperazine rings is 1. The molecule has 48 nitrogen and oxygen atoms in total. The molecule has 2 unspecified atom stereocenters. The first-order valence-electron chi connectivity index (χ1n) is 43.9. The van der Waals surface area contributed by atoms with Crippen molar-refractivity contribution in [2.45, 2.75) is 37.8 Å². The van der Waals surface area contributed by atoms with Crippen LogP contribution in [0.1, 0.15) is 25.7 Å². The second-order valence-electron chi connectivity index (χ2n) is 36.1. The van der Waals surface area contributed by atoms with Gasteiger partial charge in [-0.15, -0.1) is 0 Å². The van der Waals surface area contributed by atoms with E-state index in [-0.39, 0.29) is 52.6 Å². The lowest BCUT2D eigenvalue weighted by molar-refractivity contribution is -0.894. The Morgan fingerprint density at radius 1 is 0.358 bits per heavy atom. The molecule has 4 saturated heterocycles. The highest BCUT2D eigenvalue weighted by molar-refractivity contribution is 6.52. The van der Waals surface area contributed by atoms with Crippen molar-refractivity contribution in [3.8, 4) is 0 Å². The number of halogens is 1. The minimum Gasteiger partial charge on any atom is -1.00 e. The van der Waals surface area contributed by atoms with Gasteiger partial charge >= 0.3 is 0 Å². The van der Waals surface area contributed by atoms with Crippen molar-refractivity contribution >= 4 is 173 Å². The number of β-amino-alcohol motifs (C(OH)–C–C–N with tert-alkyl or cyclic N) is 1. The molecule has 10 aromatic rings. The molecule has 0 bridgehead atoms. The molecule has 9 aliphatic heterocycles. The minimum absolute atomic E-state index is 0. The van der Waals surface area contributed by atoms with Gasteiger partial charge in [0, 0.05) is 155 Å². The first kappa shape index (κ1) is 97.1. The molecule has 137 heavy (non-hydrogen) atoms. The van der Waals surface area contributed by atoms with Crippen molar-refractivity contribution in [1.29, 1.82) is 27.0 Å². The zero-order valence-electron chi connectivity index (χ0n) is 79.9. The first-order chi connectivity index (χ1) is 64.8. The molecular weight excluding hydrogens is 1770 g/mol. The van der Waals surface area contributed by atoms with Crippen LogP contribution in [0.5, 0.6) is 0 Å². The highest BCUT2D eigenvalue weighted by atomic mass is 35.5. The third kappa shape index (κ3) is 21.0. The number of nitrogens with one attached hydrogen (secondary N) is 5. The minimum atomic E-state index is -0.393.